The largest absolute Gasteiger partial charge is 0.356 e. The van der Waals surface area contributed by atoms with Gasteiger partial charge >= 0.3 is 0 Å². The van der Waals surface area contributed by atoms with Gasteiger partial charge in [-0.2, -0.15) is 0 Å². The summed E-state index contributed by atoms with van der Waals surface area (Å²) in [7, 11) is 1.90. The van der Waals surface area contributed by atoms with E-state index in [0.717, 1.165) is 11.1 Å². The number of benzene rings is 2. The molecule has 0 spiro atoms. The molecule has 142 valence electrons. The highest BCUT2D eigenvalue weighted by molar-refractivity contribution is 5.96. The summed E-state index contributed by atoms with van der Waals surface area (Å²) in [4.78, 5) is 29.2. The first-order valence-corrected chi connectivity index (χ1v) is 9.48. The Labute approximate surface area is 164 Å². The number of piperazine rings is 1. The highest BCUT2D eigenvalue weighted by Gasteiger charge is 2.26. The van der Waals surface area contributed by atoms with E-state index in [1.165, 1.54) is 0 Å². The van der Waals surface area contributed by atoms with Crippen molar-refractivity contribution in [2.45, 2.75) is 0 Å². The van der Waals surface area contributed by atoms with Gasteiger partial charge in [-0.15, -0.1) is 0 Å². The second kappa shape index (κ2) is 7.72. The number of aromatic nitrogens is 1. The zero-order valence-electron chi connectivity index (χ0n) is 15.9. The van der Waals surface area contributed by atoms with Crippen molar-refractivity contribution in [3.8, 4) is 11.1 Å². The van der Waals surface area contributed by atoms with Gasteiger partial charge < -0.3 is 14.4 Å². The van der Waals surface area contributed by atoms with Crippen molar-refractivity contribution in [3.05, 3.63) is 84.2 Å². The van der Waals surface area contributed by atoms with Crippen molar-refractivity contribution in [1.82, 2.24) is 14.4 Å². The van der Waals surface area contributed by atoms with Gasteiger partial charge in [-0.3, -0.25) is 9.59 Å². The number of carbonyl (C=O) groups excluding carboxylic acids is 2. The Balaban J connectivity index is 1.42. The maximum Gasteiger partial charge on any atom is 0.255 e. The van der Waals surface area contributed by atoms with Gasteiger partial charge in [-0.1, -0.05) is 42.5 Å². The lowest BCUT2D eigenvalue weighted by atomic mass is 10.0. The number of rotatable bonds is 3. The molecule has 2 amide bonds. The molecule has 5 heteroatoms. The minimum atomic E-state index is 0.0181. The fraction of sp³-hybridized carbons (Fsp3) is 0.217. The number of nitrogens with zero attached hydrogens (tertiary/aromatic N) is 3. The van der Waals surface area contributed by atoms with E-state index in [-0.39, 0.29) is 11.8 Å². The minimum Gasteiger partial charge on any atom is -0.356 e. The van der Waals surface area contributed by atoms with E-state index in [9.17, 15) is 9.59 Å². The van der Waals surface area contributed by atoms with E-state index < -0.39 is 0 Å². The Morgan fingerprint density at radius 1 is 0.714 bits per heavy atom. The van der Waals surface area contributed by atoms with Gasteiger partial charge in [0.2, 0.25) is 0 Å². The van der Waals surface area contributed by atoms with E-state index in [1.807, 2.05) is 94.5 Å². The molecule has 0 atom stereocenters. The number of amides is 2. The third-order valence-corrected chi connectivity index (χ3v) is 5.15. The maximum absolute atomic E-state index is 13.0. The predicted octanol–water partition coefficient (Wildman–Crippen LogP) is 3.29. The Hall–Kier alpha value is -3.34. The van der Waals surface area contributed by atoms with E-state index in [4.69, 9.17) is 0 Å². The van der Waals surface area contributed by atoms with E-state index in [0.29, 0.717) is 37.3 Å². The molecule has 0 radical (unpaired) electrons. The summed E-state index contributed by atoms with van der Waals surface area (Å²) in [5.41, 5.74) is 3.50. The first-order valence-electron chi connectivity index (χ1n) is 9.48. The molecule has 0 aliphatic carbocycles. The monoisotopic (exact) mass is 373 g/mol. The summed E-state index contributed by atoms with van der Waals surface area (Å²) < 4.78 is 1.87. The Bertz CT molecular complexity index is 986. The summed E-state index contributed by atoms with van der Waals surface area (Å²) >= 11 is 0. The van der Waals surface area contributed by atoms with Crippen molar-refractivity contribution in [3.63, 3.8) is 0 Å². The van der Waals surface area contributed by atoms with Crippen LogP contribution in [-0.4, -0.2) is 52.4 Å². The third kappa shape index (κ3) is 3.69. The topological polar surface area (TPSA) is 45.6 Å². The lowest BCUT2D eigenvalue weighted by Gasteiger charge is -2.34. The highest BCUT2D eigenvalue weighted by atomic mass is 16.2. The molecule has 28 heavy (non-hydrogen) atoms. The number of hydrogen-bond acceptors (Lipinski definition) is 2. The highest BCUT2D eigenvalue weighted by Crippen LogP contribution is 2.21. The van der Waals surface area contributed by atoms with Crippen molar-refractivity contribution < 1.29 is 9.59 Å². The van der Waals surface area contributed by atoms with Gasteiger partial charge in [0.15, 0.2) is 0 Å². The first-order chi connectivity index (χ1) is 13.6. The Kier molecular flexibility index (Phi) is 4.98. The summed E-state index contributed by atoms with van der Waals surface area (Å²) in [5, 5.41) is 0. The van der Waals surface area contributed by atoms with E-state index >= 15 is 0 Å². The van der Waals surface area contributed by atoms with Crippen LogP contribution >= 0.6 is 0 Å². The molecule has 1 aliphatic heterocycles. The molecule has 0 N–H and O–H groups in total. The zero-order chi connectivity index (χ0) is 19.5. The Morgan fingerprint density at radius 3 is 1.93 bits per heavy atom. The van der Waals surface area contributed by atoms with Crippen LogP contribution in [0.3, 0.4) is 0 Å². The molecule has 1 aliphatic rings. The van der Waals surface area contributed by atoms with Gasteiger partial charge in [-0.05, 0) is 29.3 Å². The predicted molar refractivity (Wildman–Crippen MR) is 109 cm³/mol. The molecule has 0 bridgehead atoms. The molecule has 0 saturated carbocycles. The van der Waals surface area contributed by atoms with Crippen LogP contribution in [-0.2, 0) is 7.05 Å². The normalized spacial score (nSPS) is 14.2. The molecule has 1 fully saturated rings. The molecule has 0 unspecified atom stereocenters. The second-order valence-corrected chi connectivity index (χ2v) is 7.10. The van der Waals surface area contributed by atoms with E-state index in [1.54, 1.807) is 0 Å². The zero-order valence-corrected chi connectivity index (χ0v) is 15.9. The molecule has 3 aromatic rings. The molecular formula is C23H23N3O2. The SMILES string of the molecule is Cn1ccc(C(=O)N2CCN(C(=O)c3cccc(-c4ccccc4)c3)CC2)c1. The van der Waals surface area contributed by atoms with Gasteiger partial charge in [0, 0.05) is 51.2 Å². The second-order valence-electron chi connectivity index (χ2n) is 7.10. The standard InChI is InChI=1S/C23H23N3O2/c1-24-11-10-21(17-24)23(28)26-14-12-25(13-15-26)22(27)20-9-5-8-19(16-20)18-6-3-2-4-7-18/h2-11,16-17H,12-15H2,1H3. The minimum absolute atomic E-state index is 0.0181. The average molecular weight is 373 g/mol. The number of aryl methyl sites for hydroxylation is 1. The van der Waals surface area contributed by atoms with Gasteiger partial charge in [-0.25, -0.2) is 0 Å². The first kappa shape index (κ1) is 18.0. The summed E-state index contributed by atoms with van der Waals surface area (Å²) in [6.45, 7) is 2.20. The van der Waals surface area contributed by atoms with Crippen LogP contribution in [0.1, 0.15) is 20.7 Å². The fourth-order valence-corrected chi connectivity index (χ4v) is 3.57. The van der Waals surface area contributed by atoms with E-state index in [2.05, 4.69) is 0 Å². The number of carbonyl (C=O) groups is 2. The summed E-state index contributed by atoms with van der Waals surface area (Å²) in [6, 6.07) is 19.6. The van der Waals surface area contributed by atoms with Crippen molar-refractivity contribution in [1.29, 1.82) is 0 Å². The summed E-state index contributed by atoms with van der Waals surface area (Å²) in [5.74, 6) is 0.0448. The lowest BCUT2D eigenvalue weighted by molar-refractivity contribution is 0.0535. The third-order valence-electron chi connectivity index (χ3n) is 5.15. The van der Waals surface area contributed by atoms with Crippen LogP contribution in [0.15, 0.2) is 73.1 Å². The summed E-state index contributed by atoms with van der Waals surface area (Å²) in [6.07, 6.45) is 3.70. The molecule has 1 aromatic heterocycles. The smallest absolute Gasteiger partial charge is 0.255 e. The van der Waals surface area contributed by atoms with Gasteiger partial charge in [0.05, 0.1) is 5.56 Å². The maximum atomic E-state index is 13.0. The van der Waals surface area contributed by atoms with Crippen LogP contribution in [0.25, 0.3) is 11.1 Å². The quantitative estimate of drug-likeness (QED) is 0.707. The van der Waals surface area contributed by atoms with Crippen molar-refractivity contribution in [2.24, 2.45) is 7.05 Å². The van der Waals surface area contributed by atoms with Crippen LogP contribution in [0.5, 0.6) is 0 Å². The van der Waals surface area contributed by atoms with Gasteiger partial charge in [0.1, 0.15) is 0 Å². The number of hydrogen-bond donors (Lipinski definition) is 0. The van der Waals surface area contributed by atoms with Crippen molar-refractivity contribution in [2.75, 3.05) is 26.2 Å². The molecule has 1 saturated heterocycles. The van der Waals surface area contributed by atoms with Gasteiger partial charge in [0.25, 0.3) is 11.8 Å². The Morgan fingerprint density at radius 2 is 1.32 bits per heavy atom. The molecule has 2 heterocycles. The lowest BCUT2D eigenvalue weighted by Crippen LogP contribution is -2.50. The van der Waals surface area contributed by atoms with Crippen LogP contribution in [0.2, 0.25) is 0 Å². The fourth-order valence-electron chi connectivity index (χ4n) is 3.57. The van der Waals surface area contributed by atoms with Crippen LogP contribution < -0.4 is 0 Å². The molecule has 2 aromatic carbocycles. The molecule has 4 rings (SSSR count). The average Bonchev–Trinajstić information content (AvgIpc) is 3.20. The molecule has 5 nitrogen and oxygen atoms in total. The van der Waals surface area contributed by atoms with Crippen LogP contribution in [0, 0.1) is 0 Å². The molecular weight excluding hydrogens is 350 g/mol. The van der Waals surface area contributed by atoms with Crippen molar-refractivity contribution >= 4 is 11.8 Å². The van der Waals surface area contributed by atoms with Crippen LogP contribution in [0.4, 0.5) is 0 Å².